The average Bonchev–Trinajstić information content (AvgIpc) is 2.52. The largest absolute Gasteiger partial charge is 0.460 e. The van der Waals surface area contributed by atoms with Crippen molar-refractivity contribution in [1.29, 1.82) is 0 Å². The number of carbonyl (C=O) groups excluding carboxylic acids is 1. The first-order valence-electron chi connectivity index (χ1n) is 7.11. The maximum Gasteiger partial charge on any atom is 0.460 e. The number of amides is 1. The minimum Gasteiger partial charge on any atom is -0.275 e. The van der Waals surface area contributed by atoms with Crippen molar-refractivity contribution in [2.75, 3.05) is 6.54 Å². The van der Waals surface area contributed by atoms with E-state index in [1.807, 2.05) is 0 Å². The first-order chi connectivity index (χ1) is 12.8. The Bertz CT molecular complexity index is 679. The lowest BCUT2D eigenvalue weighted by molar-refractivity contribution is -0.458. The fraction of sp³-hybridized carbons (Fsp3) is 0.769. The van der Waals surface area contributed by atoms with E-state index in [0.717, 1.165) is 0 Å². The summed E-state index contributed by atoms with van der Waals surface area (Å²) in [5.41, 5.74) is -1.06. The number of hydrogen-bond acceptors (Lipinski definition) is 1. The molecule has 0 aliphatic heterocycles. The predicted molar refractivity (Wildman–Crippen MR) is 67.9 cm³/mol. The lowest BCUT2D eigenvalue weighted by atomic mass is 9.92. The highest BCUT2D eigenvalue weighted by molar-refractivity contribution is 5.92. The molecule has 0 aliphatic rings. The Morgan fingerprint density at radius 3 is 1.23 bits per heavy atom. The summed E-state index contributed by atoms with van der Waals surface area (Å²) in [4.78, 5) is 9.87. The molecule has 178 valence electrons. The zero-order valence-electron chi connectivity index (χ0n) is 14.4. The summed E-state index contributed by atoms with van der Waals surface area (Å²) in [6, 6.07) is -6.77. The lowest BCUT2D eigenvalue weighted by Gasteiger charge is -2.43. The molecule has 0 saturated heterocycles. The zero-order valence-corrected chi connectivity index (χ0v) is 14.4. The van der Waals surface area contributed by atoms with Crippen molar-refractivity contribution in [2.24, 2.45) is 0 Å². The summed E-state index contributed by atoms with van der Waals surface area (Å²) in [6.07, 6.45) is -7.67. The number of rotatable bonds is 8. The monoisotopic (exact) mass is 481 g/mol. The van der Waals surface area contributed by atoms with Crippen LogP contribution in [0.15, 0.2) is 12.2 Å². The van der Waals surface area contributed by atoms with Crippen LogP contribution in [0.1, 0.15) is 13.8 Å². The Hall–Kier alpha value is -1.84. The molecule has 0 radical (unpaired) electrons. The van der Waals surface area contributed by atoms with Gasteiger partial charge in [0.2, 0.25) is 0 Å². The van der Waals surface area contributed by atoms with Crippen molar-refractivity contribution >= 4 is 5.91 Å². The van der Waals surface area contributed by atoms with Gasteiger partial charge >= 0.3 is 41.8 Å². The van der Waals surface area contributed by atoms with Gasteiger partial charge in [0.1, 0.15) is 0 Å². The lowest BCUT2D eigenvalue weighted by Crippen LogP contribution is -2.74. The number of likely N-dealkylation sites (N-methyl/N-ethyl adjacent to an activating group) is 1. The van der Waals surface area contributed by atoms with E-state index < -0.39 is 64.8 Å². The minimum atomic E-state index is -8.39. The highest BCUT2D eigenvalue weighted by Crippen LogP contribution is 2.62. The van der Waals surface area contributed by atoms with Gasteiger partial charge in [0.25, 0.3) is 5.91 Å². The van der Waals surface area contributed by atoms with Gasteiger partial charge < -0.3 is 0 Å². The van der Waals surface area contributed by atoms with Crippen LogP contribution >= 0.6 is 0 Å². The SMILES string of the molecule is C=C(C)C(=O)N(CC)C(F)(F)C(F)(F)C(F)(F)C(F)(F)C(F)(F)C(F)(F)C(F)(F)F. The van der Waals surface area contributed by atoms with Crippen molar-refractivity contribution in [3.05, 3.63) is 12.2 Å². The maximum atomic E-state index is 13.9. The average molecular weight is 481 g/mol. The summed E-state index contributed by atoms with van der Waals surface area (Å²) in [6.45, 7) is 2.00. The van der Waals surface area contributed by atoms with Gasteiger partial charge in [-0.1, -0.05) is 6.58 Å². The van der Waals surface area contributed by atoms with Gasteiger partial charge in [-0.2, -0.15) is 65.9 Å². The van der Waals surface area contributed by atoms with Crippen molar-refractivity contribution < 1.29 is 70.7 Å². The second-order valence-corrected chi connectivity index (χ2v) is 5.74. The van der Waals surface area contributed by atoms with E-state index in [1.165, 1.54) is 0 Å². The number of nitrogens with zero attached hydrogens (tertiary/aromatic N) is 1. The van der Waals surface area contributed by atoms with E-state index in [-0.39, 0.29) is 0 Å². The second kappa shape index (κ2) is 7.39. The molecule has 0 atom stereocenters. The first kappa shape index (κ1) is 28.2. The molecule has 0 unspecified atom stereocenters. The fourth-order valence-electron chi connectivity index (χ4n) is 1.83. The summed E-state index contributed by atoms with van der Waals surface area (Å²) >= 11 is 0. The standard InChI is InChI=1S/C13H10F15NO/c1-4-29(6(30)5(2)3)13(27,28)11(22,23)9(18,19)7(14,15)8(16,17)10(20,21)12(24,25)26/h2,4H2,1,3H3. The quantitative estimate of drug-likeness (QED) is 0.246. The number of hydrogen-bond donors (Lipinski definition) is 0. The highest BCUT2D eigenvalue weighted by atomic mass is 19.4. The molecular weight excluding hydrogens is 471 g/mol. The molecule has 0 rings (SSSR count). The molecule has 2 nitrogen and oxygen atoms in total. The molecule has 0 saturated carbocycles. The summed E-state index contributed by atoms with van der Waals surface area (Å²) in [5, 5.41) is 0. The van der Waals surface area contributed by atoms with Crippen LogP contribution in [-0.4, -0.2) is 59.2 Å². The van der Waals surface area contributed by atoms with E-state index >= 15 is 0 Å². The molecular formula is C13H10F15NO. The van der Waals surface area contributed by atoms with Crippen molar-refractivity contribution in [1.82, 2.24) is 4.90 Å². The Labute approximate surface area is 157 Å². The Kier molecular flexibility index (Phi) is 6.93. The first-order valence-corrected chi connectivity index (χ1v) is 7.11. The third kappa shape index (κ3) is 3.56. The minimum absolute atomic E-state index is 0.410. The van der Waals surface area contributed by atoms with Crippen LogP contribution < -0.4 is 0 Å². The predicted octanol–water partition coefficient (Wildman–Crippen LogP) is 5.74. The summed E-state index contributed by atoms with van der Waals surface area (Å²) in [7, 11) is 0. The van der Waals surface area contributed by atoms with Crippen molar-refractivity contribution in [3.8, 4) is 0 Å². The van der Waals surface area contributed by atoms with Crippen molar-refractivity contribution in [2.45, 2.75) is 55.7 Å². The molecule has 30 heavy (non-hydrogen) atoms. The molecule has 0 heterocycles. The van der Waals surface area contributed by atoms with Crippen LogP contribution in [-0.2, 0) is 4.79 Å². The van der Waals surface area contributed by atoms with E-state index in [0.29, 0.717) is 13.8 Å². The van der Waals surface area contributed by atoms with Gasteiger partial charge in [-0.25, -0.2) is 0 Å². The van der Waals surface area contributed by atoms with Crippen LogP contribution in [0.3, 0.4) is 0 Å². The smallest absolute Gasteiger partial charge is 0.275 e. The Balaban J connectivity index is 6.75. The third-order valence-electron chi connectivity index (χ3n) is 3.58. The van der Waals surface area contributed by atoms with Crippen LogP contribution in [0.2, 0.25) is 0 Å². The number of alkyl halides is 15. The van der Waals surface area contributed by atoms with Gasteiger partial charge in [0, 0.05) is 12.1 Å². The molecule has 1 amide bonds. The van der Waals surface area contributed by atoms with E-state index in [4.69, 9.17) is 0 Å². The van der Waals surface area contributed by atoms with Crippen LogP contribution in [0.25, 0.3) is 0 Å². The van der Waals surface area contributed by atoms with Gasteiger partial charge in [-0.05, 0) is 13.8 Å². The Morgan fingerprint density at radius 1 is 0.667 bits per heavy atom. The molecule has 0 aromatic carbocycles. The molecule has 0 N–H and O–H groups in total. The maximum absolute atomic E-state index is 13.9. The topological polar surface area (TPSA) is 20.3 Å². The number of carbonyl (C=O) groups is 1. The van der Waals surface area contributed by atoms with Gasteiger partial charge in [0.15, 0.2) is 0 Å². The number of halogens is 15. The molecule has 0 fully saturated rings. The normalized spacial score (nSPS) is 15.2. The second-order valence-electron chi connectivity index (χ2n) is 5.74. The molecule has 0 aliphatic carbocycles. The van der Waals surface area contributed by atoms with Crippen LogP contribution in [0, 0.1) is 0 Å². The summed E-state index contributed by atoms with van der Waals surface area (Å²) < 4.78 is 196. The van der Waals surface area contributed by atoms with E-state index in [9.17, 15) is 70.7 Å². The van der Waals surface area contributed by atoms with Crippen molar-refractivity contribution in [3.63, 3.8) is 0 Å². The van der Waals surface area contributed by atoms with Gasteiger partial charge in [-0.3, -0.25) is 9.69 Å². The molecule has 0 aromatic heterocycles. The molecule has 0 spiro atoms. The molecule has 0 aromatic rings. The highest BCUT2D eigenvalue weighted by Gasteiger charge is 2.94. The van der Waals surface area contributed by atoms with Crippen LogP contribution in [0.5, 0.6) is 0 Å². The zero-order chi connectivity index (χ0) is 24.9. The fourth-order valence-corrected chi connectivity index (χ4v) is 1.83. The van der Waals surface area contributed by atoms with E-state index in [1.54, 1.807) is 0 Å². The Morgan fingerprint density at radius 2 is 0.967 bits per heavy atom. The van der Waals surface area contributed by atoms with Gasteiger partial charge in [-0.15, -0.1) is 0 Å². The van der Waals surface area contributed by atoms with E-state index in [2.05, 4.69) is 6.58 Å². The van der Waals surface area contributed by atoms with Crippen LogP contribution in [0.4, 0.5) is 65.9 Å². The van der Waals surface area contributed by atoms with Gasteiger partial charge in [0.05, 0.1) is 0 Å². The summed E-state index contributed by atoms with van der Waals surface area (Å²) in [5.74, 6) is -43.0. The third-order valence-corrected chi connectivity index (χ3v) is 3.58. The molecule has 17 heteroatoms. The molecule has 0 bridgehead atoms.